The maximum Gasteiger partial charge on any atom is 0.311 e. The first-order valence-electron chi connectivity index (χ1n) is 9.97. The number of ether oxygens (including phenoxy) is 4. The van der Waals surface area contributed by atoms with E-state index in [1.165, 1.54) is 0 Å². The van der Waals surface area contributed by atoms with Crippen molar-refractivity contribution >= 4 is 17.9 Å². The number of carbonyl (C=O) groups excluding carboxylic acids is 3. The summed E-state index contributed by atoms with van der Waals surface area (Å²) in [7, 11) is 0. The van der Waals surface area contributed by atoms with E-state index >= 15 is 0 Å². The van der Waals surface area contributed by atoms with Crippen LogP contribution in [0, 0.1) is 5.41 Å². The summed E-state index contributed by atoms with van der Waals surface area (Å²) in [5.74, 6) is -1.35. The first-order valence-corrected chi connectivity index (χ1v) is 9.97. The Hall–Kier alpha value is -2.41. The fraction of sp³-hybridized carbons (Fsp3) is 0.591. The van der Waals surface area contributed by atoms with Gasteiger partial charge >= 0.3 is 17.9 Å². The lowest BCUT2D eigenvalue weighted by molar-refractivity contribution is -0.164. The lowest BCUT2D eigenvalue weighted by atomic mass is 9.91. The Morgan fingerprint density at radius 1 is 1.03 bits per heavy atom. The standard InChI is InChI=1S/C22H30O7/c1-4-21(2,3)20(25)28-15-14-27-18(23)10-11-19(24)29-22(12-13-26-16-22)17-8-6-5-7-9-17/h5-9H,4,10-16H2,1-3H3. The molecule has 2 rings (SSSR count). The maximum absolute atomic E-state index is 12.3. The number of rotatable bonds is 10. The molecule has 1 aliphatic heterocycles. The monoisotopic (exact) mass is 406 g/mol. The van der Waals surface area contributed by atoms with Crippen LogP contribution in [0.3, 0.4) is 0 Å². The molecule has 7 heteroatoms. The van der Waals surface area contributed by atoms with Crippen LogP contribution in [0.15, 0.2) is 30.3 Å². The Morgan fingerprint density at radius 3 is 2.31 bits per heavy atom. The summed E-state index contributed by atoms with van der Waals surface area (Å²) in [5, 5.41) is 0. The topological polar surface area (TPSA) is 88.1 Å². The highest BCUT2D eigenvalue weighted by Gasteiger charge is 2.40. The van der Waals surface area contributed by atoms with Crippen LogP contribution < -0.4 is 0 Å². The maximum atomic E-state index is 12.3. The van der Waals surface area contributed by atoms with Crippen molar-refractivity contribution < 1.29 is 33.3 Å². The Bertz CT molecular complexity index is 690. The summed E-state index contributed by atoms with van der Waals surface area (Å²) in [6.45, 7) is 6.26. The number of benzene rings is 1. The largest absolute Gasteiger partial charge is 0.462 e. The molecule has 0 aromatic heterocycles. The van der Waals surface area contributed by atoms with Gasteiger partial charge in [0.2, 0.25) is 0 Å². The van der Waals surface area contributed by atoms with Crippen molar-refractivity contribution in [3.05, 3.63) is 35.9 Å². The Balaban J connectivity index is 1.72. The minimum absolute atomic E-state index is 0.00704. The zero-order chi connectivity index (χ0) is 21.3. The van der Waals surface area contributed by atoms with Gasteiger partial charge < -0.3 is 18.9 Å². The minimum Gasteiger partial charge on any atom is -0.462 e. The van der Waals surface area contributed by atoms with Crippen LogP contribution in [0.1, 0.15) is 52.0 Å². The number of esters is 3. The van der Waals surface area contributed by atoms with Gasteiger partial charge in [0.25, 0.3) is 0 Å². The summed E-state index contributed by atoms with van der Waals surface area (Å²) in [4.78, 5) is 36.0. The molecule has 29 heavy (non-hydrogen) atoms. The van der Waals surface area contributed by atoms with Gasteiger partial charge in [0.15, 0.2) is 5.60 Å². The predicted octanol–water partition coefficient (Wildman–Crippen LogP) is 3.15. The molecule has 1 fully saturated rings. The van der Waals surface area contributed by atoms with Gasteiger partial charge in [-0.25, -0.2) is 0 Å². The van der Waals surface area contributed by atoms with Crippen molar-refractivity contribution in [2.24, 2.45) is 5.41 Å². The highest BCUT2D eigenvalue weighted by molar-refractivity contribution is 5.78. The summed E-state index contributed by atoms with van der Waals surface area (Å²) < 4.78 is 21.3. The molecule has 0 spiro atoms. The molecule has 0 N–H and O–H groups in total. The van der Waals surface area contributed by atoms with Crippen molar-refractivity contribution in [3.63, 3.8) is 0 Å². The van der Waals surface area contributed by atoms with Crippen LogP contribution in [0.4, 0.5) is 0 Å². The number of hydrogen-bond acceptors (Lipinski definition) is 7. The molecule has 1 saturated heterocycles. The first-order chi connectivity index (χ1) is 13.8. The Morgan fingerprint density at radius 2 is 1.69 bits per heavy atom. The molecule has 0 amide bonds. The highest BCUT2D eigenvalue weighted by atomic mass is 16.6. The molecule has 0 bridgehead atoms. The molecule has 1 heterocycles. The molecule has 7 nitrogen and oxygen atoms in total. The van der Waals surface area contributed by atoms with Crippen LogP contribution >= 0.6 is 0 Å². The van der Waals surface area contributed by atoms with E-state index in [9.17, 15) is 14.4 Å². The average Bonchev–Trinajstić information content (AvgIpc) is 3.19. The van der Waals surface area contributed by atoms with E-state index < -0.39 is 23.0 Å². The SMILES string of the molecule is CCC(C)(C)C(=O)OCCOC(=O)CCC(=O)OC1(c2ccccc2)CCOC1. The van der Waals surface area contributed by atoms with Crippen LogP contribution in [-0.2, 0) is 38.9 Å². The molecule has 0 saturated carbocycles. The highest BCUT2D eigenvalue weighted by Crippen LogP contribution is 2.35. The summed E-state index contributed by atoms with van der Waals surface area (Å²) in [6, 6.07) is 9.46. The quantitative estimate of drug-likeness (QED) is 0.335. The van der Waals surface area contributed by atoms with Crippen LogP contribution in [0.25, 0.3) is 0 Å². The number of carbonyl (C=O) groups is 3. The molecule has 1 aromatic carbocycles. The third kappa shape index (κ3) is 6.56. The van der Waals surface area contributed by atoms with E-state index in [4.69, 9.17) is 18.9 Å². The first kappa shape index (κ1) is 22.9. The summed E-state index contributed by atoms with van der Waals surface area (Å²) in [5.41, 5.74) is -0.486. The van der Waals surface area contributed by atoms with Crippen molar-refractivity contribution in [2.75, 3.05) is 26.4 Å². The second-order valence-corrected chi connectivity index (χ2v) is 7.73. The lowest BCUT2D eigenvalue weighted by Crippen LogP contribution is -2.33. The van der Waals surface area contributed by atoms with Gasteiger partial charge in [-0.3, -0.25) is 14.4 Å². The molecule has 1 aromatic rings. The third-order valence-electron chi connectivity index (χ3n) is 5.14. The normalized spacial score (nSPS) is 18.9. The van der Waals surface area contributed by atoms with Gasteiger partial charge in [-0.2, -0.15) is 0 Å². The second kappa shape index (κ2) is 10.4. The lowest BCUT2D eigenvalue weighted by Gasteiger charge is -2.28. The van der Waals surface area contributed by atoms with Gasteiger partial charge in [-0.05, 0) is 25.8 Å². The van der Waals surface area contributed by atoms with Crippen molar-refractivity contribution in [1.29, 1.82) is 0 Å². The Kier molecular flexibility index (Phi) is 8.20. The molecule has 160 valence electrons. The fourth-order valence-electron chi connectivity index (χ4n) is 2.83. The molecular formula is C22H30O7. The molecule has 1 aliphatic rings. The van der Waals surface area contributed by atoms with Gasteiger partial charge in [0.1, 0.15) is 13.2 Å². The predicted molar refractivity (Wildman–Crippen MR) is 105 cm³/mol. The molecule has 1 unspecified atom stereocenters. The van der Waals surface area contributed by atoms with Crippen molar-refractivity contribution in [1.82, 2.24) is 0 Å². The van der Waals surface area contributed by atoms with Crippen LogP contribution in [-0.4, -0.2) is 44.3 Å². The number of hydrogen-bond donors (Lipinski definition) is 0. The van der Waals surface area contributed by atoms with E-state index in [1.54, 1.807) is 13.8 Å². The molecule has 0 aliphatic carbocycles. The van der Waals surface area contributed by atoms with Crippen molar-refractivity contribution in [3.8, 4) is 0 Å². The summed E-state index contributed by atoms with van der Waals surface area (Å²) >= 11 is 0. The van der Waals surface area contributed by atoms with Gasteiger partial charge in [0.05, 0.1) is 31.5 Å². The van der Waals surface area contributed by atoms with Gasteiger partial charge in [-0.1, -0.05) is 37.3 Å². The summed E-state index contributed by atoms with van der Waals surface area (Å²) in [6.07, 6.45) is 1.05. The molecular weight excluding hydrogens is 376 g/mol. The fourth-order valence-corrected chi connectivity index (χ4v) is 2.83. The zero-order valence-corrected chi connectivity index (χ0v) is 17.4. The van der Waals surface area contributed by atoms with Crippen LogP contribution in [0.2, 0.25) is 0 Å². The van der Waals surface area contributed by atoms with E-state index in [0.29, 0.717) is 26.1 Å². The van der Waals surface area contributed by atoms with Crippen LogP contribution in [0.5, 0.6) is 0 Å². The minimum atomic E-state index is -0.803. The van der Waals surface area contributed by atoms with Gasteiger partial charge in [0, 0.05) is 6.42 Å². The Labute approximate surface area is 171 Å². The second-order valence-electron chi connectivity index (χ2n) is 7.73. The van der Waals surface area contributed by atoms with E-state index in [2.05, 4.69) is 0 Å². The average molecular weight is 406 g/mol. The third-order valence-corrected chi connectivity index (χ3v) is 5.14. The van der Waals surface area contributed by atoms with E-state index in [1.807, 2.05) is 37.3 Å². The van der Waals surface area contributed by atoms with E-state index in [-0.39, 0.29) is 32.0 Å². The van der Waals surface area contributed by atoms with E-state index in [0.717, 1.165) is 5.56 Å². The zero-order valence-electron chi connectivity index (χ0n) is 17.4. The van der Waals surface area contributed by atoms with Gasteiger partial charge in [-0.15, -0.1) is 0 Å². The molecule has 0 radical (unpaired) electrons. The molecule has 1 atom stereocenters. The van der Waals surface area contributed by atoms with Crippen molar-refractivity contribution in [2.45, 2.75) is 52.1 Å². The smallest absolute Gasteiger partial charge is 0.311 e.